The van der Waals surface area contributed by atoms with Gasteiger partial charge in [0.2, 0.25) is 0 Å². The van der Waals surface area contributed by atoms with Crippen LogP contribution in [0.25, 0.3) is 0 Å². The molecule has 0 aromatic heterocycles. The molecule has 118 valence electrons. The summed E-state index contributed by atoms with van der Waals surface area (Å²) in [7, 11) is 3.46. The second-order valence-corrected chi connectivity index (χ2v) is 5.57. The van der Waals surface area contributed by atoms with E-state index in [9.17, 15) is 4.79 Å². The molecule has 0 aliphatic rings. The fourth-order valence-corrected chi connectivity index (χ4v) is 2.12. The molecule has 21 heavy (non-hydrogen) atoms. The summed E-state index contributed by atoms with van der Waals surface area (Å²) in [5, 5.41) is 0. The van der Waals surface area contributed by atoms with E-state index in [-0.39, 0.29) is 5.91 Å². The Labute approximate surface area is 128 Å². The third-order valence-corrected chi connectivity index (χ3v) is 3.42. The van der Waals surface area contributed by atoms with Gasteiger partial charge in [-0.1, -0.05) is 39.0 Å². The van der Waals surface area contributed by atoms with Crippen LogP contribution < -0.4 is 10.5 Å². The van der Waals surface area contributed by atoms with Crippen LogP contribution in [-0.2, 0) is 0 Å². The van der Waals surface area contributed by atoms with Crippen molar-refractivity contribution in [1.82, 2.24) is 4.90 Å². The van der Waals surface area contributed by atoms with Crippen molar-refractivity contribution in [1.29, 1.82) is 0 Å². The summed E-state index contributed by atoms with van der Waals surface area (Å²) in [5.41, 5.74) is 7.08. The normalized spacial score (nSPS) is 10.4. The first kappa shape index (κ1) is 17.3. The smallest absolute Gasteiger partial charge is 0.253 e. The molecule has 1 rings (SSSR count). The highest BCUT2D eigenvalue weighted by Crippen LogP contribution is 2.23. The molecule has 0 saturated heterocycles. The number of hydrogen-bond acceptors (Lipinski definition) is 3. The van der Waals surface area contributed by atoms with E-state index in [4.69, 9.17) is 10.5 Å². The predicted molar refractivity (Wildman–Crippen MR) is 87.7 cm³/mol. The van der Waals surface area contributed by atoms with E-state index in [0.717, 1.165) is 6.42 Å². The summed E-state index contributed by atoms with van der Waals surface area (Å²) in [4.78, 5) is 13.5. The lowest BCUT2D eigenvalue weighted by Crippen LogP contribution is -2.21. The van der Waals surface area contributed by atoms with E-state index in [1.807, 2.05) is 0 Å². The van der Waals surface area contributed by atoms with Gasteiger partial charge in [-0.05, 0) is 24.6 Å². The Morgan fingerprint density at radius 3 is 2.48 bits per heavy atom. The predicted octanol–water partition coefficient (Wildman–Crippen LogP) is 3.71. The molecule has 1 aromatic rings. The van der Waals surface area contributed by atoms with Gasteiger partial charge in [0.1, 0.15) is 5.75 Å². The molecule has 0 spiro atoms. The van der Waals surface area contributed by atoms with Crippen LogP contribution in [0.3, 0.4) is 0 Å². The lowest BCUT2D eigenvalue weighted by atomic mass is 10.1. The number of anilines is 1. The number of hydrogen-bond donors (Lipinski definition) is 1. The summed E-state index contributed by atoms with van der Waals surface area (Å²) < 4.78 is 5.72. The van der Waals surface area contributed by atoms with Crippen molar-refractivity contribution in [3.05, 3.63) is 23.8 Å². The Hall–Kier alpha value is -1.71. The van der Waals surface area contributed by atoms with E-state index in [1.165, 1.54) is 32.1 Å². The molecule has 0 fully saturated rings. The Morgan fingerprint density at radius 2 is 1.81 bits per heavy atom. The lowest BCUT2D eigenvalue weighted by Gasteiger charge is -2.13. The second-order valence-electron chi connectivity index (χ2n) is 5.57. The minimum atomic E-state index is -0.0422. The molecule has 0 aliphatic heterocycles. The van der Waals surface area contributed by atoms with Crippen LogP contribution in [0, 0.1) is 0 Å². The molecule has 2 N–H and O–H groups in total. The fraction of sp³-hybridized carbons (Fsp3) is 0.588. The first-order valence-corrected chi connectivity index (χ1v) is 7.80. The van der Waals surface area contributed by atoms with Crippen LogP contribution >= 0.6 is 0 Å². The molecule has 1 aromatic carbocycles. The summed E-state index contributed by atoms with van der Waals surface area (Å²) in [5.74, 6) is 0.565. The van der Waals surface area contributed by atoms with Crippen LogP contribution in [0.15, 0.2) is 18.2 Å². The van der Waals surface area contributed by atoms with Crippen LogP contribution in [0.2, 0.25) is 0 Å². The van der Waals surface area contributed by atoms with E-state index < -0.39 is 0 Å². The molecule has 0 heterocycles. The third-order valence-electron chi connectivity index (χ3n) is 3.42. The largest absolute Gasteiger partial charge is 0.491 e. The molecule has 0 atom stereocenters. The second kappa shape index (κ2) is 9.27. The molecule has 0 aliphatic carbocycles. The van der Waals surface area contributed by atoms with E-state index in [0.29, 0.717) is 23.6 Å². The first-order chi connectivity index (χ1) is 10.1. The van der Waals surface area contributed by atoms with Gasteiger partial charge in [0.15, 0.2) is 0 Å². The number of carbonyl (C=O) groups excluding carboxylic acids is 1. The Bertz CT molecular complexity index is 444. The third kappa shape index (κ3) is 6.06. The summed E-state index contributed by atoms with van der Waals surface area (Å²) in [6.45, 7) is 2.86. The van der Waals surface area contributed by atoms with Gasteiger partial charge < -0.3 is 15.4 Å². The standard InChI is InChI=1S/C17H28N2O2/c1-4-5-6-7-8-9-12-21-16-13-14(10-11-15(16)18)17(20)19(2)3/h10-11,13H,4-9,12,18H2,1-3H3. The highest BCUT2D eigenvalue weighted by atomic mass is 16.5. The van der Waals surface area contributed by atoms with E-state index in [2.05, 4.69) is 6.92 Å². The molecule has 0 bridgehead atoms. The maximum Gasteiger partial charge on any atom is 0.253 e. The van der Waals surface area contributed by atoms with Crippen LogP contribution in [0.4, 0.5) is 5.69 Å². The maximum atomic E-state index is 11.9. The zero-order valence-corrected chi connectivity index (χ0v) is 13.5. The zero-order chi connectivity index (χ0) is 15.7. The number of nitrogens with two attached hydrogens (primary N) is 1. The highest BCUT2D eigenvalue weighted by Gasteiger charge is 2.10. The van der Waals surface area contributed by atoms with Crippen molar-refractivity contribution in [3.63, 3.8) is 0 Å². The van der Waals surface area contributed by atoms with Crippen molar-refractivity contribution in [2.24, 2.45) is 0 Å². The minimum absolute atomic E-state index is 0.0422. The van der Waals surface area contributed by atoms with E-state index in [1.54, 1.807) is 37.2 Å². The SMILES string of the molecule is CCCCCCCCOc1cc(C(=O)N(C)C)ccc1N. The topological polar surface area (TPSA) is 55.6 Å². The molecular formula is C17H28N2O2. The minimum Gasteiger partial charge on any atom is -0.491 e. The Kier molecular flexibility index (Phi) is 7.65. The average Bonchev–Trinajstić information content (AvgIpc) is 2.47. The molecular weight excluding hydrogens is 264 g/mol. The summed E-state index contributed by atoms with van der Waals surface area (Å²) in [6, 6.07) is 5.19. The monoisotopic (exact) mass is 292 g/mol. The molecule has 0 radical (unpaired) electrons. The van der Waals surface area contributed by atoms with Gasteiger partial charge in [-0.15, -0.1) is 0 Å². The number of nitrogen functional groups attached to an aromatic ring is 1. The van der Waals surface area contributed by atoms with Gasteiger partial charge in [-0.25, -0.2) is 0 Å². The number of carbonyl (C=O) groups is 1. The van der Waals surface area contributed by atoms with Crippen LogP contribution in [-0.4, -0.2) is 31.5 Å². The molecule has 0 unspecified atom stereocenters. The lowest BCUT2D eigenvalue weighted by molar-refractivity contribution is 0.0827. The van der Waals surface area contributed by atoms with E-state index >= 15 is 0 Å². The quantitative estimate of drug-likeness (QED) is 0.557. The number of rotatable bonds is 9. The van der Waals surface area contributed by atoms with Crippen molar-refractivity contribution in [2.75, 3.05) is 26.4 Å². The molecule has 0 saturated carbocycles. The first-order valence-electron chi connectivity index (χ1n) is 7.80. The van der Waals surface area contributed by atoms with Crippen molar-refractivity contribution >= 4 is 11.6 Å². The van der Waals surface area contributed by atoms with Crippen molar-refractivity contribution < 1.29 is 9.53 Å². The number of amides is 1. The van der Waals surface area contributed by atoms with Crippen LogP contribution in [0.1, 0.15) is 55.8 Å². The summed E-state index contributed by atoms with van der Waals surface area (Å²) >= 11 is 0. The maximum absolute atomic E-state index is 11.9. The number of nitrogens with zero attached hydrogens (tertiary/aromatic N) is 1. The average molecular weight is 292 g/mol. The molecule has 1 amide bonds. The number of unbranched alkanes of at least 4 members (excludes halogenated alkanes) is 5. The van der Waals surface area contributed by atoms with Gasteiger partial charge in [0, 0.05) is 19.7 Å². The van der Waals surface area contributed by atoms with Crippen molar-refractivity contribution in [3.8, 4) is 5.75 Å². The number of benzene rings is 1. The summed E-state index contributed by atoms with van der Waals surface area (Å²) in [6.07, 6.45) is 7.32. The van der Waals surface area contributed by atoms with Crippen molar-refractivity contribution in [2.45, 2.75) is 45.4 Å². The van der Waals surface area contributed by atoms with Gasteiger partial charge in [0.05, 0.1) is 12.3 Å². The van der Waals surface area contributed by atoms with Crippen LogP contribution in [0.5, 0.6) is 5.75 Å². The fourth-order valence-electron chi connectivity index (χ4n) is 2.12. The highest BCUT2D eigenvalue weighted by molar-refractivity contribution is 5.94. The Morgan fingerprint density at radius 1 is 1.14 bits per heavy atom. The molecule has 4 nitrogen and oxygen atoms in total. The molecule has 4 heteroatoms. The van der Waals surface area contributed by atoms with Gasteiger partial charge >= 0.3 is 0 Å². The Balaban J connectivity index is 2.44. The zero-order valence-electron chi connectivity index (χ0n) is 13.5. The van der Waals surface area contributed by atoms with Gasteiger partial charge in [-0.3, -0.25) is 4.79 Å². The van der Waals surface area contributed by atoms with Gasteiger partial charge in [0.25, 0.3) is 5.91 Å². The van der Waals surface area contributed by atoms with Gasteiger partial charge in [-0.2, -0.15) is 0 Å². The number of ether oxygens (including phenoxy) is 1.